The monoisotopic (exact) mass is 433 g/mol. The van der Waals surface area contributed by atoms with Crippen LogP contribution in [0.3, 0.4) is 0 Å². The third kappa shape index (κ3) is 5.04. The lowest BCUT2D eigenvalue weighted by molar-refractivity contribution is -0.107. The topological polar surface area (TPSA) is 82.5 Å². The lowest BCUT2D eigenvalue weighted by Crippen LogP contribution is -2.40. The second-order valence-corrected chi connectivity index (χ2v) is 7.62. The van der Waals surface area contributed by atoms with Gasteiger partial charge in [0.05, 0.1) is 5.69 Å². The van der Waals surface area contributed by atoms with Crippen molar-refractivity contribution < 1.29 is 9.90 Å². The summed E-state index contributed by atoms with van der Waals surface area (Å²) in [7, 11) is 2.10. The van der Waals surface area contributed by atoms with Crippen molar-refractivity contribution in [1.82, 2.24) is 15.0 Å². The Labute approximate surface area is 189 Å². The number of likely N-dealkylation sites (N-methyl/N-ethyl adjacent to an activating group) is 1. The zero-order valence-corrected chi connectivity index (χ0v) is 19.2. The van der Waals surface area contributed by atoms with Crippen LogP contribution in [0.1, 0.15) is 31.5 Å². The molecule has 32 heavy (non-hydrogen) atoms. The van der Waals surface area contributed by atoms with Crippen LogP contribution >= 0.6 is 0 Å². The zero-order valence-electron chi connectivity index (χ0n) is 19.2. The molecule has 1 atom stereocenters. The molecule has 3 aromatic heterocycles. The van der Waals surface area contributed by atoms with Crippen LogP contribution in [0.5, 0.6) is 5.75 Å². The van der Waals surface area contributed by atoms with Crippen LogP contribution < -0.4 is 9.80 Å². The molecule has 1 N–H and O–H groups in total. The highest BCUT2D eigenvalue weighted by molar-refractivity contribution is 5.79. The number of hydrogen-bond donors (Lipinski definition) is 1. The molecule has 3 aromatic rings. The number of carbonyl (C=O) groups is 1. The first-order valence-electron chi connectivity index (χ1n) is 11.0. The molecule has 2 bridgehead atoms. The van der Waals surface area contributed by atoms with Gasteiger partial charge >= 0.3 is 0 Å². The summed E-state index contributed by atoms with van der Waals surface area (Å²) >= 11 is 0. The number of anilines is 2. The molecule has 1 fully saturated rings. The first-order chi connectivity index (χ1) is 15.6. The van der Waals surface area contributed by atoms with Crippen molar-refractivity contribution in [1.29, 1.82) is 0 Å². The Morgan fingerprint density at radius 1 is 1.22 bits per heavy atom. The number of carbonyl (C=O) groups excluding carboxylic acids is 1. The third-order valence-corrected chi connectivity index (χ3v) is 5.56. The second kappa shape index (κ2) is 10.7. The van der Waals surface area contributed by atoms with Crippen molar-refractivity contribution in [3.05, 3.63) is 60.2 Å². The fourth-order valence-corrected chi connectivity index (χ4v) is 3.95. The van der Waals surface area contributed by atoms with Gasteiger partial charge in [-0.1, -0.05) is 19.9 Å². The molecule has 1 saturated heterocycles. The van der Waals surface area contributed by atoms with Crippen molar-refractivity contribution in [3.63, 3.8) is 0 Å². The predicted molar refractivity (Wildman–Crippen MR) is 128 cm³/mol. The molecule has 7 heteroatoms. The van der Waals surface area contributed by atoms with E-state index < -0.39 is 0 Å². The maximum absolute atomic E-state index is 10.4. The molecule has 0 amide bonds. The highest BCUT2D eigenvalue weighted by Crippen LogP contribution is 2.42. The number of rotatable bonds is 3. The van der Waals surface area contributed by atoms with Gasteiger partial charge < -0.3 is 19.7 Å². The smallest absolute Gasteiger partial charge is 0.153 e. The molecule has 0 spiro atoms. The van der Waals surface area contributed by atoms with Crippen LogP contribution in [0.15, 0.2) is 48.9 Å². The first-order valence-corrected chi connectivity index (χ1v) is 11.0. The summed E-state index contributed by atoms with van der Waals surface area (Å²) in [5.74, 6) is 1.20. The maximum atomic E-state index is 10.4. The van der Waals surface area contributed by atoms with Gasteiger partial charge in [0.1, 0.15) is 17.7 Å². The number of hydrogen-bond acceptors (Lipinski definition) is 7. The molecule has 168 valence electrons. The van der Waals surface area contributed by atoms with E-state index in [-0.39, 0.29) is 5.75 Å². The highest BCUT2D eigenvalue weighted by atomic mass is 16.3. The quantitative estimate of drug-likeness (QED) is 0.624. The molecule has 0 aromatic carbocycles. The minimum absolute atomic E-state index is 0.234. The molecule has 2 aliphatic rings. The van der Waals surface area contributed by atoms with Gasteiger partial charge in [0.2, 0.25) is 0 Å². The van der Waals surface area contributed by atoms with Gasteiger partial charge in [0.15, 0.2) is 5.82 Å². The van der Waals surface area contributed by atoms with Crippen molar-refractivity contribution in [2.75, 3.05) is 29.9 Å². The SMILES string of the molecule is CC.Cc1cc(-c2nc3c(cc2O)N2CCC(C2)N3C)ccn1.O=CCc1cccnc1. The van der Waals surface area contributed by atoms with Crippen molar-refractivity contribution in [2.45, 2.75) is 39.7 Å². The first kappa shape index (κ1) is 23.2. The summed E-state index contributed by atoms with van der Waals surface area (Å²) in [6.07, 6.45) is 7.62. The summed E-state index contributed by atoms with van der Waals surface area (Å²) < 4.78 is 0. The van der Waals surface area contributed by atoms with Gasteiger partial charge in [-0.3, -0.25) is 9.97 Å². The summed E-state index contributed by atoms with van der Waals surface area (Å²) in [6, 6.07) is 9.92. The molecule has 5 rings (SSSR count). The van der Waals surface area contributed by atoms with Crippen LogP contribution in [0, 0.1) is 6.92 Å². The largest absolute Gasteiger partial charge is 0.506 e. The lowest BCUT2D eigenvalue weighted by atomic mass is 10.1. The third-order valence-electron chi connectivity index (χ3n) is 5.56. The van der Waals surface area contributed by atoms with Crippen LogP contribution in [0.25, 0.3) is 11.3 Å². The van der Waals surface area contributed by atoms with Crippen molar-refractivity contribution in [2.24, 2.45) is 0 Å². The Hall–Kier alpha value is -3.48. The summed E-state index contributed by atoms with van der Waals surface area (Å²) in [4.78, 5) is 27.3. The molecule has 0 radical (unpaired) electrons. The molecular formula is C25H31N5O2. The molecular weight excluding hydrogens is 402 g/mol. The molecule has 7 nitrogen and oxygen atoms in total. The summed E-state index contributed by atoms with van der Waals surface area (Å²) in [5.41, 5.74) is 4.46. The van der Waals surface area contributed by atoms with E-state index in [1.165, 1.54) is 0 Å². The van der Waals surface area contributed by atoms with Crippen LogP contribution in [0.2, 0.25) is 0 Å². The van der Waals surface area contributed by atoms with Crippen LogP contribution in [-0.4, -0.2) is 52.5 Å². The number of nitrogens with zero attached hydrogens (tertiary/aromatic N) is 5. The average Bonchev–Trinajstić information content (AvgIpc) is 3.27. The van der Waals surface area contributed by atoms with Gasteiger partial charge in [-0.25, -0.2) is 4.98 Å². The molecule has 1 unspecified atom stereocenters. The fraction of sp³-hybridized carbons (Fsp3) is 0.360. The summed E-state index contributed by atoms with van der Waals surface area (Å²) in [6.45, 7) is 8.01. The minimum Gasteiger partial charge on any atom is -0.506 e. The molecule has 0 saturated carbocycles. The second-order valence-electron chi connectivity index (χ2n) is 7.62. The van der Waals surface area contributed by atoms with E-state index in [1.807, 2.05) is 51.1 Å². The highest BCUT2D eigenvalue weighted by Gasteiger charge is 2.35. The normalized spacial score (nSPS) is 15.7. The van der Waals surface area contributed by atoms with E-state index in [2.05, 4.69) is 26.8 Å². The number of fused-ring (bicyclic) bond motifs is 4. The number of aromatic nitrogens is 3. The van der Waals surface area contributed by atoms with E-state index in [0.29, 0.717) is 18.2 Å². The lowest BCUT2D eigenvalue weighted by Gasteiger charge is -2.35. The number of aldehydes is 1. The van der Waals surface area contributed by atoms with E-state index in [9.17, 15) is 9.90 Å². The van der Waals surface area contributed by atoms with E-state index in [1.54, 1.807) is 18.6 Å². The zero-order chi connectivity index (χ0) is 23.1. The van der Waals surface area contributed by atoms with Gasteiger partial charge in [-0.05, 0) is 37.1 Å². The number of pyridine rings is 3. The van der Waals surface area contributed by atoms with E-state index >= 15 is 0 Å². The predicted octanol–water partition coefficient (Wildman–Crippen LogP) is 4.04. The number of aromatic hydroxyl groups is 1. The van der Waals surface area contributed by atoms with Crippen LogP contribution in [0.4, 0.5) is 11.5 Å². The fourth-order valence-electron chi connectivity index (χ4n) is 3.95. The standard InChI is InChI=1S/C16H18N4O.C7H7NO.C2H6/c1-10-7-11(3-5-17-10)15-14(21)8-13-16(18-15)19(2)12-4-6-20(13)9-12;9-5-3-7-2-1-4-8-6-7;1-2/h3,5,7-8,12,21H,4,6,9H2,1-2H3;1-2,4-6H,3H2;1-2H3. The minimum atomic E-state index is 0.234. The Morgan fingerprint density at radius 2 is 2.03 bits per heavy atom. The Balaban J connectivity index is 0.000000222. The Kier molecular flexibility index (Phi) is 7.76. The van der Waals surface area contributed by atoms with Crippen LogP contribution in [-0.2, 0) is 11.2 Å². The average molecular weight is 434 g/mol. The van der Waals surface area contributed by atoms with E-state index in [4.69, 9.17) is 4.98 Å². The van der Waals surface area contributed by atoms with Gasteiger partial charge in [0.25, 0.3) is 0 Å². The molecule has 2 aliphatic heterocycles. The molecule has 0 aliphatic carbocycles. The van der Waals surface area contributed by atoms with Gasteiger partial charge in [-0.15, -0.1) is 0 Å². The van der Waals surface area contributed by atoms with Gasteiger partial charge in [0, 0.05) is 68.5 Å². The number of aryl methyl sites for hydroxylation is 1. The Morgan fingerprint density at radius 3 is 2.72 bits per heavy atom. The van der Waals surface area contributed by atoms with E-state index in [0.717, 1.165) is 54.1 Å². The van der Waals surface area contributed by atoms with Gasteiger partial charge in [-0.2, -0.15) is 0 Å². The maximum Gasteiger partial charge on any atom is 0.153 e. The molecule has 5 heterocycles. The summed E-state index contributed by atoms with van der Waals surface area (Å²) in [5, 5.41) is 10.4. The Bertz CT molecular complexity index is 1040. The van der Waals surface area contributed by atoms with Crippen molar-refractivity contribution >= 4 is 17.8 Å². The van der Waals surface area contributed by atoms with Crippen molar-refractivity contribution in [3.8, 4) is 17.0 Å².